The molecule has 2 atom stereocenters. The second-order valence-corrected chi connectivity index (χ2v) is 3.52. The van der Waals surface area contributed by atoms with Crippen LogP contribution in [0.25, 0.3) is 0 Å². The van der Waals surface area contributed by atoms with Gasteiger partial charge >= 0.3 is 0 Å². The lowest BCUT2D eigenvalue weighted by molar-refractivity contribution is -0.818. The summed E-state index contributed by atoms with van der Waals surface area (Å²) < 4.78 is 0. The molecule has 2 rings (SSSR count). The predicted molar refractivity (Wildman–Crippen MR) is 55.5 cm³/mol. The minimum Gasteiger partial charge on any atom is -1.00 e. The third-order valence-corrected chi connectivity index (χ3v) is 2.78. The van der Waals surface area contributed by atoms with Crippen molar-refractivity contribution in [2.24, 2.45) is 5.16 Å². The molecule has 0 amide bonds. The molecule has 0 saturated heterocycles. The Kier molecular flexibility index (Phi) is 3.92. The van der Waals surface area contributed by atoms with Gasteiger partial charge in [-0.05, 0) is 6.07 Å². The van der Waals surface area contributed by atoms with Crippen molar-refractivity contribution in [3.8, 4) is 0 Å². The quantitative estimate of drug-likeness (QED) is 0.252. The van der Waals surface area contributed by atoms with Crippen LogP contribution in [0.15, 0.2) is 29.4 Å². The topological polar surface area (TPSA) is 40.3 Å². The fourth-order valence-electron chi connectivity index (χ4n) is 1.99. The van der Waals surface area contributed by atoms with Gasteiger partial charge in [0.15, 0.2) is 5.69 Å². The van der Waals surface area contributed by atoms with Crippen LogP contribution in [0.1, 0.15) is 0 Å². The maximum atomic E-state index is 8.57. The largest absolute Gasteiger partial charge is 1.00 e. The summed E-state index contributed by atoms with van der Waals surface area (Å²) in [6, 6.07) is 8.20. The zero-order valence-corrected chi connectivity index (χ0v) is 10.8. The molecule has 15 heavy (non-hydrogen) atoms. The second kappa shape index (κ2) is 4.80. The van der Waals surface area contributed by atoms with Gasteiger partial charge in [-0.2, -0.15) is 0 Å². The summed E-state index contributed by atoms with van der Waals surface area (Å²) in [5, 5.41) is 11.7. The number of anilines is 1. The highest BCUT2D eigenvalue weighted by Crippen LogP contribution is 2.26. The van der Waals surface area contributed by atoms with Gasteiger partial charge in [0.2, 0.25) is 6.17 Å². The van der Waals surface area contributed by atoms with Gasteiger partial charge in [0.25, 0.3) is 0 Å². The van der Waals surface area contributed by atoms with Crippen molar-refractivity contribution in [2.75, 3.05) is 19.0 Å². The second-order valence-electron chi connectivity index (χ2n) is 3.52. The molecule has 0 bridgehead atoms. The van der Waals surface area contributed by atoms with E-state index in [9.17, 15) is 0 Å². The number of oxime groups is 1. The molecular weight excluding hydrogens is 305 g/mol. The molecule has 0 fully saturated rings. The number of hydrogen-bond acceptors (Lipinski definition) is 3. The van der Waals surface area contributed by atoms with E-state index in [0.717, 1.165) is 0 Å². The number of para-hydroxylation sites is 2. The predicted octanol–water partition coefficient (Wildman–Crippen LogP) is -2.93. The van der Waals surface area contributed by atoms with E-state index >= 15 is 0 Å². The maximum absolute atomic E-state index is 8.57. The molecule has 0 aliphatic carbocycles. The summed E-state index contributed by atoms with van der Waals surface area (Å²) >= 11 is 0. The summed E-state index contributed by atoms with van der Waals surface area (Å²) in [6.45, 7) is 0. The molecule has 82 valence electrons. The lowest BCUT2D eigenvalue weighted by Crippen LogP contribution is -3.08. The minimum atomic E-state index is 0. The third kappa shape index (κ3) is 1.93. The van der Waals surface area contributed by atoms with Gasteiger partial charge in [-0.25, -0.2) is 0 Å². The van der Waals surface area contributed by atoms with Crippen molar-refractivity contribution in [1.82, 2.24) is 0 Å². The molecule has 1 aliphatic heterocycles. The zero-order chi connectivity index (χ0) is 10.1. The van der Waals surface area contributed by atoms with E-state index < -0.39 is 0 Å². The first-order valence-corrected chi connectivity index (χ1v) is 4.59. The normalized spacial score (nSPS) is 24.0. The standard InChI is InChI=1S/C10H13N3O.HI/c1-12-8-5-3-4-6-9(8)13(2)10(12)7-11-14;/h3-7,10,14H,1-2H3;1H/b11-7-;. The molecule has 1 heterocycles. The fourth-order valence-corrected chi connectivity index (χ4v) is 1.99. The summed E-state index contributed by atoms with van der Waals surface area (Å²) in [5.41, 5.74) is 2.43. The molecule has 5 heteroatoms. The molecule has 2 unspecified atom stereocenters. The van der Waals surface area contributed by atoms with Gasteiger partial charge in [-0.1, -0.05) is 17.3 Å². The van der Waals surface area contributed by atoms with Crippen molar-refractivity contribution in [3.63, 3.8) is 0 Å². The van der Waals surface area contributed by atoms with E-state index in [4.69, 9.17) is 5.21 Å². The van der Waals surface area contributed by atoms with Crippen molar-refractivity contribution >= 4 is 17.6 Å². The van der Waals surface area contributed by atoms with Crippen LogP contribution in [0.4, 0.5) is 11.4 Å². The number of fused-ring (bicyclic) bond motifs is 1. The molecule has 2 N–H and O–H groups in total. The Morgan fingerprint density at radius 1 is 1.47 bits per heavy atom. The van der Waals surface area contributed by atoms with Gasteiger partial charge < -0.3 is 34.1 Å². The molecule has 1 aliphatic rings. The van der Waals surface area contributed by atoms with Crippen LogP contribution in [0.5, 0.6) is 0 Å². The SMILES string of the molecule is CN1c2ccccc2[NH+](C)C1/C=N\O.[I-]. The number of quaternary nitrogens is 1. The summed E-state index contributed by atoms with van der Waals surface area (Å²) in [5.74, 6) is 0. The van der Waals surface area contributed by atoms with Gasteiger partial charge in [-0.15, -0.1) is 0 Å². The molecule has 1 aromatic carbocycles. The summed E-state index contributed by atoms with van der Waals surface area (Å²) in [4.78, 5) is 3.32. The first-order valence-electron chi connectivity index (χ1n) is 4.59. The monoisotopic (exact) mass is 319 g/mol. The zero-order valence-electron chi connectivity index (χ0n) is 8.68. The van der Waals surface area contributed by atoms with E-state index in [2.05, 4.69) is 29.2 Å². The Hall–Kier alpha value is -0.820. The maximum Gasteiger partial charge on any atom is 0.207 e. The van der Waals surface area contributed by atoms with Crippen LogP contribution in [-0.2, 0) is 0 Å². The van der Waals surface area contributed by atoms with Crippen LogP contribution >= 0.6 is 0 Å². The highest BCUT2D eigenvalue weighted by Gasteiger charge is 2.34. The number of halogens is 1. The van der Waals surface area contributed by atoms with Gasteiger partial charge in [0.1, 0.15) is 11.9 Å². The molecule has 4 nitrogen and oxygen atoms in total. The lowest BCUT2D eigenvalue weighted by atomic mass is 10.3. The van der Waals surface area contributed by atoms with Gasteiger partial charge in [-0.3, -0.25) is 4.90 Å². The highest BCUT2D eigenvalue weighted by atomic mass is 127. The lowest BCUT2D eigenvalue weighted by Gasteiger charge is -2.18. The van der Waals surface area contributed by atoms with Crippen molar-refractivity contribution in [1.29, 1.82) is 0 Å². The molecular formula is C10H14IN3O. The molecule has 0 saturated carbocycles. The number of rotatable bonds is 1. The van der Waals surface area contributed by atoms with E-state index in [1.807, 2.05) is 19.2 Å². The Balaban J connectivity index is 0.00000112. The van der Waals surface area contributed by atoms with Crippen molar-refractivity contribution < 1.29 is 34.1 Å². The summed E-state index contributed by atoms with van der Waals surface area (Å²) in [6.07, 6.45) is 1.63. The third-order valence-electron chi connectivity index (χ3n) is 2.78. The van der Waals surface area contributed by atoms with Crippen molar-refractivity contribution in [2.45, 2.75) is 6.17 Å². The van der Waals surface area contributed by atoms with Crippen LogP contribution < -0.4 is 33.8 Å². The number of benzene rings is 1. The Morgan fingerprint density at radius 3 is 2.73 bits per heavy atom. The van der Waals surface area contributed by atoms with E-state index in [-0.39, 0.29) is 30.1 Å². The molecule has 0 aromatic heterocycles. The van der Waals surface area contributed by atoms with Crippen LogP contribution in [0.2, 0.25) is 0 Å². The minimum absolute atomic E-state index is 0. The van der Waals surface area contributed by atoms with Crippen LogP contribution in [0.3, 0.4) is 0 Å². The van der Waals surface area contributed by atoms with E-state index in [0.29, 0.717) is 0 Å². The van der Waals surface area contributed by atoms with E-state index in [1.165, 1.54) is 16.3 Å². The highest BCUT2D eigenvalue weighted by molar-refractivity contribution is 5.75. The van der Waals surface area contributed by atoms with Crippen molar-refractivity contribution in [3.05, 3.63) is 24.3 Å². The van der Waals surface area contributed by atoms with Gasteiger partial charge in [0.05, 0.1) is 7.05 Å². The smallest absolute Gasteiger partial charge is 0.207 e. The fraction of sp³-hybridized carbons (Fsp3) is 0.300. The average molecular weight is 319 g/mol. The van der Waals surface area contributed by atoms with Crippen LogP contribution in [0, 0.1) is 0 Å². The Labute approximate surface area is 106 Å². The number of nitrogens with one attached hydrogen (secondary N) is 1. The molecule has 0 radical (unpaired) electrons. The van der Waals surface area contributed by atoms with E-state index in [1.54, 1.807) is 6.21 Å². The first-order chi connectivity index (χ1) is 6.75. The average Bonchev–Trinajstić information content (AvgIpc) is 2.45. The number of nitrogens with zero attached hydrogens (tertiary/aromatic N) is 2. The Morgan fingerprint density at radius 2 is 2.13 bits per heavy atom. The molecule has 0 spiro atoms. The van der Waals surface area contributed by atoms with Gasteiger partial charge in [0, 0.05) is 13.1 Å². The Bertz CT molecular complexity index is 340. The summed E-state index contributed by atoms with van der Waals surface area (Å²) in [7, 11) is 4.07. The van der Waals surface area contributed by atoms with Crippen LogP contribution in [-0.4, -0.2) is 31.7 Å². The first kappa shape index (κ1) is 12.3. The number of hydrogen-bond donors (Lipinski definition) is 2. The molecule has 1 aromatic rings.